The minimum absolute atomic E-state index is 0. The van der Waals surface area contributed by atoms with E-state index in [1.54, 1.807) is 6.20 Å². The Morgan fingerprint density at radius 1 is 0.742 bits per heavy atom. The number of hydrogen-bond donors (Lipinski definition) is 0. The Morgan fingerprint density at radius 2 is 1.44 bits per heavy atom. The van der Waals surface area contributed by atoms with Gasteiger partial charge in [-0.25, -0.2) is 0 Å². The van der Waals surface area contributed by atoms with Crippen molar-refractivity contribution in [3.63, 3.8) is 0 Å². The van der Waals surface area contributed by atoms with Crippen LogP contribution < -0.4 is 5.19 Å². The molecule has 8 heteroatoms. The van der Waals surface area contributed by atoms with Crippen LogP contribution in [0.5, 0.6) is 0 Å². The minimum Gasteiger partial charge on any atom is -0.501 e. The van der Waals surface area contributed by atoms with Gasteiger partial charge in [0.2, 0.25) is 0 Å². The average Bonchev–Trinajstić information content (AvgIpc) is 3.82. The van der Waals surface area contributed by atoms with Crippen LogP contribution in [-0.4, -0.2) is 32.8 Å². The van der Waals surface area contributed by atoms with E-state index in [4.69, 9.17) is 14.4 Å². The topological polar surface area (TPSA) is 69.6 Å². The Balaban J connectivity index is 0.000000223. The van der Waals surface area contributed by atoms with E-state index in [0.29, 0.717) is 5.65 Å². The van der Waals surface area contributed by atoms with Crippen LogP contribution in [0.3, 0.4) is 0 Å². The minimum atomic E-state index is -1.37. The van der Waals surface area contributed by atoms with Gasteiger partial charge in [-0.3, -0.25) is 4.98 Å². The van der Waals surface area contributed by atoms with Crippen LogP contribution >= 0.6 is 0 Å². The van der Waals surface area contributed by atoms with Crippen LogP contribution in [0.1, 0.15) is 77.0 Å². The fraction of sp³-hybridized carbons (Fsp3) is 0.259. The number of hydrogen-bond acceptors (Lipinski definition) is 5. The third-order valence-electron chi connectivity index (χ3n) is 11.2. The average molecular weight is 1010 g/mol. The number of nitrogens with zero attached hydrogens (tertiary/aromatic N) is 5. The number of furan rings is 1. The van der Waals surface area contributed by atoms with Gasteiger partial charge >= 0.3 is 0 Å². The van der Waals surface area contributed by atoms with Crippen LogP contribution in [0, 0.1) is 17.5 Å². The predicted molar refractivity (Wildman–Crippen MR) is 256 cm³/mol. The molecule has 0 aliphatic carbocycles. The Kier molecular flexibility index (Phi) is 13.0. The quantitative estimate of drug-likeness (QED) is 0.112. The van der Waals surface area contributed by atoms with Crippen molar-refractivity contribution in [2.24, 2.45) is 5.41 Å². The molecule has 4 aromatic heterocycles. The van der Waals surface area contributed by atoms with E-state index in [2.05, 4.69) is 168 Å². The number of imidazole rings is 1. The Labute approximate surface area is 381 Å². The molecule has 0 atom stereocenters. The largest absolute Gasteiger partial charge is 0.501 e. The van der Waals surface area contributed by atoms with E-state index in [1.807, 2.05) is 48.5 Å². The summed E-state index contributed by atoms with van der Waals surface area (Å²) in [5, 5.41) is 12.2. The SMILES string of the molecule is CC(C)(C)Cc1cc(-c2[c-]cccc2)ncc1[Si](C)(C)C.CC(C)c1cc(-c2ccccc2)cc(C(C)C)c1-n1c(-c2[c-]ccc3c2oc2ccccc23)nc2nnccc21.[Ir]. The number of rotatable bonds is 8. The summed E-state index contributed by atoms with van der Waals surface area (Å²) >= 11 is 0. The van der Waals surface area contributed by atoms with Crippen molar-refractivity contribution in [2.75, 3.05) is 0 Å². The van der Waals surface area contributed by atoms with Crippen molar-refractivity contribution in [3.8, 4) is 39.5 Å². The second-order valence-electron chi connectivity index (χ2n) is 18.9. The summed E-state index contributed by atoms with van der Waals surface area (Å²) in [6.07, 6.45) is 4.94. The summed E-state index contributed by atoms with van der Waals surface area (Å²) in [6.45, 7) is 23.1. The molecule has 0 fully saturated rings. The molecule has 0 bridgehead atoms. The van der Waals surface area contributed by atoms with Crippen LogP contribution in [-0.2, 0) is 26.5 Å². The first-order chi connectivity index (χ1) is 29.2. The van der Waals surface area contributed by atoms with Crippen LogP contribution in [0.25, 0.3) is 72.6 Å². The first kappa shape index (κ1) is 44.5. The summed E-state index contributed by atoms with van der Waals surface area (Å²) < 4.78 is 8.69. The van der Waals surface area contributed by atoms with Crippen molar-refractivity contribution in [3.05, 3.63) is 156 Å². The first-order valence-electron chi connectivity index (χ1n) is 21.4. The number of pyridine rings is 1. The van der Waals surface area contributed by atoms with Crippen molar-refractivity contribution < 1.29 is 24.5 Å². The van der Waals surface area contributed by atoms with Gasteiger partial charge in [-0.2, -0.15) is 5.10 Å². The molecule has 0 aliphatic rings. The van der Waals surface area contributed by atoms with Gasteiger partial charge in [0.25, 0.3) is 0 Å². The van der Waals surface area contributed by atoms with Crippen LogP contribution in [0.2, 0.25) is 19.6 Å². The summed E-state index contributed by atoms with van der Waals surface area (Å²) in [5.74, 6) is 1.28. The van der Waals surface area contributed by atoms with Gasteiger partial charge < -0.3 is 14.0 Å². The fourth-order valence-electron chi connectivity index (χ4n) is 8.29. The molecular formula is C54H55IrN5OSi-2. The van der Waals surface area contributed by atoms with Crippen LogP contribution in [0.15, 0.2) is 132 Å². The Morgan fingerprint density at radius 3 is 2.10 bits per heavy atom. The molecule has 9 rings (SSSR count). The van der Waals surface area contributed by atoms with E-state index in [-0.39, 0.29) is 37.4 Å². The molecule has 0 saturated carbocycles. The van der Waals surface area contributed by atoms with Gasteiger partial charge in [0.05, 0.1) is 31.2 Å². The summed E-state index contributed by atoms with van der Waals surface area (Å²) in [5.41, 5.74) is 13.8. The first-order valence-corrected chi connectivity index (χ1v) is 24.9. The molecule has 0 spiro atoms. The van der Waals surface area contributed by atoms with Crippen molar-refractivity contribution >= 4 is 46.4 Å². The number of aromatic nitrogens is 5. The molecule has 62 heavy (non-hydrogen) atoms. The van der Waals surface area contributed by atoms with Gasteiger partial charge in [-0.05, 0) is 81.1 Å². The molecule has 0 amide bonds. The summed E-state index contributed by atoms with van der Waals surface area (Å²) in [7, 11) is -1.37. The maximum Gasteiger partial charge on any atom is 0.190 e. The fourth-order valence-corrected chi connectivity index (χ4v) is 9.87. The maximum atomic E-state index is 6.44. The predicted octanol–water partition coefficient (Wildman–Crippen LogP) is 13.8. The number of fused-ring (bicyclic) bond motifs is 4. The van der Waals surface area contributed by atoms with Gasteiger partial charge in [0.15, 0.2) is 5.65 Å². The van der Waals surface area contributed by atoms with Gasteiger partial charge in [-0.1, -0.05) is 139 Å². The van der Waals surface area contributed by atoms with E-state index in [1.165, 1.54) is 33.0 Å². The molecule has 0 N–H and O–H groups in total. The monoisotopic (exact) mass is 1010 g/mol. The zero-order valence-electron chi connectivity index (χ0n) is 37.5. The third-order valence-corrected chi connectivity index (χ3v) is 13.2. The van der Waals surface area contributed by atoms with Crippen molar-refractivity contribution in [1.29, 1.82) is 0 Å². The number of para-hydroxylation sites is 1. The molecule has 0 aliphatic heterocycles. The standard InChI is InChI=1S/C35H29N4O.C19H26NSi.Ir/c1-21(2)28-19-24(23-11-6-5-7-12-23)20-29(22(3)4)32(28)39-30-17-18-36-38-34(30)37-35(39)27-15-10-14-26-25-13-8-9-16-31(25)40-33(26)27;1-19(2,3)13-16-12-17(15-10-8-7-9-11-15)20-14-18(16)21(4,5)6;/h5-14,16-22H,1-4H3;7-10,12,14H,13H2,1-6H3;/q2*-1;. The smallest absolute Gasteiger partial charge is 0.190 e. The van der Waals surface area contributed by atoms with Crippen molar-refractivity contribution in [1.82, 2.24) is 24.7 Å². The molecule has 317 valence electrons. The molecule has 5 aromatic carbocycles. The van der Waals surface area contributed by atoms with E-state index < -0.39 is 8.07 Å². The molecule has 1 radical (unpaired) electrons. The molecule has 9 aromatic rings. The second kappa shape index (κ2) is 18.1. The zero-order chi connectivity index (χ0) is 43.1. The van der Waals surface area contributed by atoms with Gasteiger partial charge in [0.1, 0.15) is 5.58 Å². The summed E-state index contributed by atoms with van der Waals surface area (Å²) in [4.78, 5) is 9.77. The Bertz CT molecular complexity index is 2950. The van der Waals surface area contributed by atoms with E-state index in [0.717, 1.165) is 62.2 Å². The molecule has 0 saturated heterocycles. The van der Waals surface area contributed by atoms with E-state index >= 15 is 0 Å². The molecular weight excluding hydrogens is 955 g/mol. The molecule has 0 unspecified atom stereocenters. The van der Waals surface area contributed by atoms with Crippen LogP contribution in [0.4, 0.5) is 0 Å². The van der Waals surface area contributed by atoms with Gasteiger partial charge in [-0.15, -0.1) is 59.2 Å². The molecule has 6 nitrogen and oxygen atoms in total. The third kappa shape index (κ3) is 9.15. The summed E-state index contributed by atoms with van der Waals surface area (Å²) in [6, 6.07) is 46.5. The van der Waals surface area contributed by atoms with E-state index in [9.17, 15) is 0 Å². The normalized spacial score (nSPS) is 11.9. The molecule has 4 heterocycles. The van der Waals surface area contributed by atoms with Gasteiger partial charge in [0, 0.05) is 37.4 Å². The zero-order valence-corrected chi connectivity index (χ0v) is 40.9. The number of benzene rings is 5. The second-order valence-corrected chi connectivity index (χ2v) is 23.9. The Hall–Kier alpha value is -5.53. The maximum absolute atomic E-state index is 6.44. The van der Waals surface area contributed by atoms with Crippen molar-refractivity contribution in [2.45, 2.75) is 86.4 Å².